The summed E-state index contributed by atoms with van der Waals surface area (Å²) in [5.74, 6) is -2.48. The summed E-state index contributed by atoms with van der Waals surface area (Å²) in [5, 5.41) is 31.7. The molecular formula is C15H20N2O6. The molecule has 0 bridgehead atoms. The van der Waals surface area contributed by atoms with Gasteiger partial charge in [-0.15, -0.1) is 0 Å². The van der Waals surface area contributed by atoms with Crippen molar-refractivity contribution in [3.63, 3.8) is 0 Å². The second-order valence-electron chi connectivity index (χ2n) is 5.20. The largest absolute Gasteiger partial charge is 0.508 e. The van der Waals surface area contributed by atoms with Crippen molar-refractivity contribution in [3.8, 4) is 5.75 Å². The number of nitrogens with one attached hydrogen (secondary N) is 2. The number of aliphatic hydroxyl groups is 1. The van der Waals surface area contributed by atoms with E-state index in [1.807, 2.05) is 0 Å². The molecule has 0 radical (unpaired) electrons. The zero-order valence-corrected chi connectivity index (χ0v) is 12.7. The first kappa shape index (κ1) is 18.4. The summed E-state index contributed by atoms with van der Waals surface area (Å²) in [6, 6.07) is 4.63. The number of hydrogen-bond acceptors (Lipinski definition) is 5. The van der Waals surface area contributed by atoms with Gasteiger partial charge in [0.2, 0.25) is 11.8 Å². The molecule has 0 aliphatic heterocycles. The van der Waals surface area contributed by atoms with Gasteiger partial charge in [-0.1, -0.05) is 19.1 Å². The number of phenolic OH excluding ortho intramolecular Hbond substituents is 1. The summed E-state index contributed by atoms with van der Waals surface area (Å²) in [5.41, 5.74) is 0.424. The van der Waals surface area contributed by atoms with E-state index < -0.39 is 30.4 Å². The number of carbonyl (C=O) groups is 3. The van der Waals surface area contributed by atoms with E-state index in [0.717, 1.165) is 0 Å². The van der Waals surface area contributed by atoms with Gasteiger partial charge in [-0.2, -0.15) is 0 Å². The number of aromatic hydroxyl groups is 1. The predicted octanol–water partition coefficient (Wildman–Crippen LogP) is -0.231. The quantitative estimate of drug-likeness (QED) is 0.448. The summed E-state index contributed by atoms with van der Waals surface area (Å²) in [6.45, 7) is 1.04. The minimum absolute atomic E-state index is 0.0106. The highest BCUT2D eigenvalue weighted by atomic mass is 16.4. The number of carboxylic acids is 1. The molecule has 1 rings (SSSR count). The van der Waals surface area contributed by atoms with Crippen LogP contribution >= 0.6 is 0 Å². The first-order valence-corrected chi connectivity index (χ1v) is 7.02. The van der Waals surface area contributed by atoms with Crippen molar-refractivity contribution in [2.45, 2.75) is 19.4 Å². The van der Waals surface area contributed by atoms with E-state index >= 15 is 0 Å². The number of aliphatic carboxylic acids is 1. The summed E-state index contributed by atoms with van der Waals surface area (Å²) in [7, 11) is 0. The molecule has 8 heteroatoms. The van der Waals surface area contributed by atoms with Gasteiger partial charge in [0.15, 0.2) is 0 Å². The van der Waals surface area contributed by atoms with Crippen LogP contribution in [-0.4, -0.2) is 46.3 Å². The van der Waals surface area contributed by atoms with Crippen LogP contribution in [0.1, 0.15) is 24.9 Å². The zero-order valence-electron chi connectivity index (χ0n) is 12.7. The third kappa shape index (κ3) is 6.35. The van der Waals surface area contributed by atoms with E-state index in [9.17, 15) is 19.5 Å². The van der Waals surface area contributed by atoms with Crippen molar-refractivity contribution in [2.75, 3.05) is 13.2 Å². The van der Waals surface area contributed by atoms with Crippen LogP contribution in [-0.2, 0) is 14.4 Å². The minimum atomic E-state index is -1.05. The lowest BCUT2D eigenvalue weighted by Crippen LogP contribution is -2.42. The lowest BCUT2D eigenvalue weighted by Gasteiger charge is -2.19. The number of amides is 2. The molecule has 2 amide bonds. The van der Waals surface area contributed by atoms with Crippen LogP contribution < -0.4 is 10.6 Å². The molecule has 23 heavy (non-hydrogen) atoms. The third-order valence-corrected chi connectivity index (χ3v) is 3.09. The van der Waals surface area contributed by atoms with Crippen LogP contribution in [0.2, 0.25) is 0 Å². The van der Waals surface area contributed by atoms with Crippen LogP contribution in [0.3, 0.4) is 0 Å². The Bertz CT molecular complexity index is 558. The third-order valence-electron chi connectivity index (χ3n) is 3.09. The Labute approximate surface area is 133 Å². The van der Waals surface area contributed by atoms with Gasteiger partial charge < -0.3 is 26.0 Å². The highest BCUT2D eigenvalue weighted by Gasteiger charge is 2.23. The Hall–Kier alpha value is -2.61. The number of carbonyl (C=O) groups excluding carboxylic acids is 2. The molecule has 8 nitrogen and oxygen atoms in total. The summed E-state index contributed by atoms with van der Waals surface area (Å²) < 4.78 is 0. The number of phenols is 1. The smallest absolute Gasteiger partial charge is 0.303 e. The van der Waals surface area contributed by atoms with Gasteiger partial charge in [0.1, 0.15) is 18.4 Å². The van der Waals surface area contributed by atoms with Gasteiger partial charge in [0.25, 0.3) is 0 Å². The molecule has 1 aromatic rings. The Morgan fingerprint density at radius 2 is 1.78 bits per heavy atom. The first-order valence-electron chi connectivity index (χ1n) is 7.02. The van der Waals surface area contributed by atoms with Crippen LogP contribution in [0, 0.1) is 5.92 Å². The Kier molecular flexibility index (Phi) is 7.01. The summed E-state index contributed by atoms with van der Waals surface area (Å²) in [4.78, 5) is 34.2. The molecule has 0 spiro atoms. The number of aliphatic hydroxyl groups excluding tert-OH is 1. The van der Waals surface area contributed by atoms with Crippen LogP contribution in [0.15, 0.2) is 24.3 Å². The monoisotopic (exact) mass is 324 g/mol. The zero-order chi connectivity index (χ0) is 17.4. The molecule has 2 atom stereocenters. The van der Waals surface area contributed by atoms with Gasteiger partial charge in [-0.25, -0.2) is 0 Å². The highest BCUT2D eigenvalue weighted by molar-refractivity contribution is 5.89. The lowest BCUT2D eigenvalue weighted by molar-refractivity contribution is -0.138. The van der Waals surface area contributed by atoms with Crippen molar-refractivity contribution >= 4 is 17.8 Å². The molecule has 0 saturated carbocycles. The average molecular weight is 324 g/mol. The molecule has 0 aliphatic rings. The topological polar surface area (TPSA) is 136 Å². The maximum atomic E-state index is 12.3. The summed E-state index contributed by atoms with van der Waals surface area (Å²) in [6.07, 6.45) is -0.0901. The van der Waals surface area contributed by atoms with Gasteiger partial charge in [-0.05, 0) is 23.6 Å². The fourth-order valence-electron chi connectivity index (χ4n) is 1.92. The molecule has 0 fully saturated rings. The number of benzene rings is 1. The van der Waals surface area contributed by atoms with Gasteiger partial charge in [-0.3, -0.25) is 14.4 Å². The molecule has 5 N–H and O–H groups in total. The summed E-state index contributed by atoms with van der Waals surface area (Å²) >= 11 is 0. The van der Waals surface area contributed by atoms with Crippen LogP contribution in [0.5, 0.6) is 5.75 Å². The second-order valence-corrected chi connectivity index (χ2v) is 5.20. The van der Waals surface area contributed by atoms with Gasteiger partial charge in [0.05, 0.1) is 0 Å². The van der Waals surface area contributed by atoms with Gasteiger partial charge in [0, 0.05) is 13.0 Å². The van der Waals surface area contributed by atoms with Crippen molar-refractivity contribution < 1.29 is 29.7 Å². The number of hydrogen-bond donors (Lipinski definition) is 5. The van der Waals surface area contributed by atoms with Crippen LogP contribution in [0.4, 0.5) is 0 Å². The predicted molar refractivity (Wildman–Crippen MR) is 80.5 cm³/mol. The highest BCUT2D eigenvalue weighted by Crippen LogP contribution is 2.17. The normalized spacial score (nSPS) is 13.0. The van der Waals surface area contributed by atoms with Crippen molar-refractivity contribution in [3.05, 3.63) is 29.8 Å². The lowest BCUT2D eigenvalue weighted by atomic mass is 10.0. The molecule has 0 heterocycles. The van der Waals surface area contributed by atoms with Gasteiger partial charge >= 0.3 is 5.97 Å². The first-order chi connectivity index (χ1) is 10.8. The van der Waals surface area contributed by atoms with Crippen molar-refractivity contribution in [2.24, 2.45) is 5.92 Å². The fourth-order valence-corrected chi connectivity index (χ4v) is 1.92. The molecule has 0 aromatic heterocycles. The van der Waals surface area contributed by atoms with E-state index in [2.05, 4.69) is 10.6 Å². The minimum Gasteiger partial charge on any atom is -0.508 e. The standard InChI is InChI=1S/C15H20N2O6/c1-9(6-13(21)22)7-16-15(23)14(17-12(20)8-18)10-2-4-11(19)5-3-10/h2-5,9,14,18-19H,6-8H2,1H3,(H,16,23)(H,17,20)(H,21,22)/t9-,14+/m0/s1. The Balaban J connectivity index is 2.78. The molecular weight excluding hydrogens is 304 g/mol. The van der Waals surface area contributed by atoms with Crippen LogP contribution in [0.25, 0.3) is 0 Å². The molecule has 126 valence electrons. The maximum Gasteiger partial charge on any atom is 0.303 e. The molecule has 0 aliphatic carbocycles. The number of rotatable bonds is 8. The van der Waals surface area contributed by atoms with E-state index in [1.165, 1.54) is 24.3 Å². The maximum absolute atomic E-state index is 12.3. The van der Waals surface area contributed by atoms with Crippen molar-refractivity contribution in [1.29, 1.82) is 0 Å². The second kappa shape index (κ2) is 8.74. The molecule has 0 unspecified atom stereocenters. The average Bonchev–Trinajstić information content (AvgIpc) is 2.50. The molecule has 0 saturated heterocycles. The van der Waals surface area contributed by atoms with E-state index in [0.29, 0.717) is 5.56 Å². The van der Waals surface area contributed by atoms with E-state index in [-0.39, 0.29) is 24.6 Å². The Morgan fingerprint density at radius 3 is 2.30 bits per heavy atom. The Morgan fingerprint density at radius 1 is 1.17 bits per heavy atom. The number of carboxylic acid groups (broad SMARTS) is 1. The molecule has 1 aromatic carbocycles. The van der Waals surface area contributed by atoms with E-state index in [1.54, 1.807) is 6.92 Å². The van der Waals surface area contributed by atoms with Crippen molar-refractivity contribution in [1.82, 2.24) is 10.6 Å². The SMILES string of the molecule is C[C@H](CNC(=O)[C@H](NC(=O)CO)c1ccc(O)cc1)CC(=O)O. The van der Waals surface area contributed by atoms with E-state index in [4.69, 9.17) is 10.2 Å². The fraction of sp³-hybridized carbons (Fsp3) is 0.400.